The number of hydrogen-bond acceptors (Lipinski definition) is 4. The van der Waals surface area contributed by atoms with Crippen molar-refractivity contribution in [3.8, 4) is 0 Å². The number of fused-ring (bicyclic) bond motifs is 1. The van der Waals surface area contributed by atoms with Gasteiger partial charge >= 0.3 is 5.69 Å². The molecule has 0 spiro atoms. The van der Waals surface area contributed by atoms with Crippen molar-refractivity contribution in [2.75, 3.05) is 11.9 Å². The maximum absolute atomic E-state index is 14.4. The van der Waals surface area contributed by atoms with E-state index in [1.54, 1.807) is 18.2 Å². The fraction of sp³-hybridized carbons (Fsp3) is 0.227. The first-order valence-electron chi connectivity index (χ1n) is 9.96. The Morgan fingerprint density at radius 3 is 2.39 bits per heavy atom. The van der Waals surface area contributed by atoms with Crippen LogP contribution in [0.1, 0.15) is 11.1 Å². The molecule has 4 rings (SSSR count). The van der Waals surface area contributed by atoms with Crippen LogP contribution in [-0.4, -0.2) is 25.2 Å². The number of aromatic nitrogens is 4. The first kappa shape index (κ1) is 23.0. The summed E-state index contributed by atoms with van der Waals surface area (Å²) < 4.78 is 31.4. The second-order valence-corrected chi connectivity index (χ2v) is 8.33. The van der Waals surface area contributed by atoms with Crippen molar-refractivity contribution in [2.45, 2.75) is 13.0 Å². The smallest absolute Gasteiger partial charge is 0.332 e. The molecule has 0 aliphatic heterocycles. The lowest BCUT2D eigenvalue weighted by molar-refractivity contribution is 0.567. The van der Waals surface area contributed by atoms with Crippen LogP contribution in [0.4, 0.5) is 14.7 Å². The van der Waals surface area contributed by atoms with Gasteiger partial charge in [-0.2, -0.15) is 4.98 Å². The zero-order valence-corrected chi connectivity index (χ0v) is 19.2. The number of imidazole rings is 1. The molecular formula is C22H19Cl2F2N5O2. The lowest BCUT2D eigenvalue weighted by atomic mass is 10.1. The summed E-state index contributed by atoms with van der Waals surface area (Å²) in [5, 5.41) is 4.16. The van der Waals surface area contributed by atoms with Crippen LogP contribution in [0.25, 0.3) is 11.2 Å². The van der Waals surface area contributed by atoms with Crippen LogP contribution in [0.5, 0.6) is 0 Å². The molecule has 1 N–H and O–H groups in total. The predicted molar refractivity (Wildman–Crippen MR) is 124 cm³/mol. The van der Waals surface area contributed by atoms with Crippen LogP contribution in [0.2, 0.25) is 10.0 Å². The fourth-order valence-electron chi connectivity index (χ4n) is 3.63. The zero-order valence-electron chi connectivity index (χ0n) is 17.7. The molecule has 33 heavy (non-hydrogen) atoms. The Kier molecular flexibility index (Phi) is 6.27. The number of rotatable bonds is 6. The van der Waals surface area contributed by atoms with E-state index in [4.69, 9.17) is 23.2 Å². The van der Waals surface area contributed by atoms with E-state index in [1.807, 2.05) is 0 Å². The Bertz CT molecular complexity index is 1470. The molecule has 4 aromatic rings. The first-order chi connectivity index (χ1) is 15.7. The van der Waals surface area contributed by atoms with Gasteiger partial charge in [0.2, 0.25) is 5.95 Å². The maximum atomic E-state index is 14.4. The van der Waals surface area contributed by atoms with Crippen LogP contribution in [0.15, 0.2) is 46.0 Å². The first-order valence-corrected chi connectivity index (χ1v) is 10.7. The van der Waals surface area contributed by atoms with Crippen LogP contribution in [-0.2, 0) is 27.1 Å². The highest BCUT2D eigenvalue weighted by Gasteiger charge is 2.20. The summed E-state index contributed by atoms with van der Waals surface area (Å²) in [5.41, 5.74) is 0.0306. The molecule has 0 saturated carbocycles. The van der Waals surface area contributed by atoms with Gasteiger partial charge in [-0.15, -0.1) is 0 Å². The Morgan fingerprint density at radius 1 is 1.03 bits per heavy atom. The van der Waals surface area contributed by atoms with Crippen molar-refractivity contribution in [1.82, 2.24) is 18.7 Å². The molecule has 172 valence electrons. The highest BCUT2D eigenvalue weighted by Crippen LogP contribution is 2.25. The van der Waals surface area contributed by atoms with Gasteiger partial charge in [0.25, 0.3) is 5.56 Å². The standard InChI is InChI=1S/C22H19Cl2F2N5O2/c1-29-19-18(20(32)30(2)22(29)33)31(11-12-6-7-13(25)10-17(12)26)21(28-19)27-9-8-14-15(23)4-3-5-16(14)24/h3-7,10H,8-9,11H2,1-2H3,(H,27,28). The van der Waals surface area contributed by atoms with E-state index in [-0.39, 0.29) is 29.2 Å². The van der Waals surface area contributed by atoms with E-state index in [0.717, 1.165) is 22.3 Å². The molecule has 0 atom stereocenters. The van der Waals surface area contributed by atoms with Crippen LogP contribution in [0.3, 0.4) is 0 Å². The molecular weight excluding hydrogens is 475 g/mol. The summed E-state index contributed by atoms with van der Waals surface area (Å²) >= 11 is 12.5. The van der Waals surface area contributed by atoms with Gasteiger partial charge in [0.05, 0.1) is 6.54 Å². The van der Waals surface area contributed by atoms with Crippen LogP contribution >= 0.6 is 23.2 Å². The van der Waals surface area contributed by atoms with Gasteiger partial charge in [0.1, 0.15) is 11.6 Å². The topological polar surface area (TPSA) is 73.8 Å². The molecule has 2 aromatic heterocycles. The van der Waals surface area contributed by atoms with Gasteiger partial charge in [0.15, 0.2) is 11.2 Å². The van der Waals surface area contributed by atoms with E-state index in [9.17, 15) is 18.4 Å². The fourth-order valence-corrected chi connectivity index (χ4v) is 4.21. The van der Waals surface area contributed by atoms with E-state index in [2.05, 4.69) is 10.3 Å². The number of halogens is 4. The van der Waals surface area contributed by atoms with Crippen molar-refractivity contribution in [1.29, 1.82) is 0 Å². The second kappa shape index (κ2) is 8.99. The third-order valence-corrected chi connectivity index (χ3v) is 6.12. The van der Waals surface area contributed by atoms with Crippen molar-refractivity contribution in [2.24, 2.45) is 14.1 Å². The lowest BCUT2D eigenvalue weighted by Gasteiger charge is -2.12. The zero-order chi connectivity index (χ0) is 23.9. The third kappa shape index (κ3) is 4.26. The summed E-state index contributed by atoms with van der Waals surface area (Å²) in [6.07, 6.45) is 0.448. The average molecular weight is 494 g/mol. The molecule has 0 bridgehead atoms. The SMILES string of the molecule is Cn1c(=O)c2c(nc(NCCc3c(Cl)cccc3Cl)n2Cc2ccc(F)cc2F)n(C)c1=O. The van der Waals surface area contributed by atoms with Crippen molar-refractivity contribution in [3.05, 3.63) is 90.0 Å². The normalized spacial score (nSPS) is 11.3. The molecule has 0 aliphatic carbocycles. The highest BCUT2D eigenvalue weighted by molar-refractivity contribution is 6.36. The molecule has 0 saturated heterocycles. The molecule has 0 amide bonds. The summed E-state index contributed by atoms with van der Waals surface area (Å²) in [6, 6.07) is 8.42. The predicted octanol–water partition coefficient (Wildman–Crippen LogP) is 3.72. The number of nitrogens with zero attached hydrogens (tertiary/aromatic N) is 4. The number of hydrogen-bond donors (Lipinski definition) is 1. The molecule has 0 aliphatic rings. The second-order valence-electron chi connectivity index (χ2n) is 7.51. The number of benzene rings is 2. The molecule has 2 heterocycles. The Labute approximate surface area is 196 Å². The molecule has 2 aromatic carbocycles. The largest absolute Gasteiger partial charge is 0.355 e. The van der Waals surface area contributed by atoms with Crippen molar-refractivity contribution >= 4 is 40.3 Å². The Morgan fingerprint density at radius 2 is 1.73 bits per heavy atom. The highest BCUT2D eigenvalue weighted by atomic mass is 35.5. The lowest BCUT2D eigenvalue weighted by Crippen LogP contribution is -2.37. The maximum Gasteiger partial charge on any atom is 0.332 e. The van der Waals surface area contributed by atoms with Gasteiger partial charge in [-0.3, -0.25) is 18.5 Å². The molecule has 0 radical (unpaired) electrons. The van der Waals surface area contributed by atoms with Crippen LogP contribution < -0.4 is 16.6 Å². The van der Waals surface area contributed by atoms with Gasteiger partial charge in [-0.1, -0.05) is 35.3 Å². The van der Waals surface area contributed by atoms with E-state index in [1.165, 1.54) is 29.3 Å². The van der Waals surface area contributed by atoms with Gasteiger partial charge < -0.3 is 5.32 Å². The van der Waals surface area contributed by atoms with Gasteiger partial charge in [-0.25, -0.2) is 13.6 Å². The number of anilines is 1. The Hall–Kier alpha value is -3.17. The van der Waals surface area contributed by atoms with E-state index < -0.39 is 22.9 Å². The molecule has 0 unspecified atom stereocenters. The summed E-state index contributed by atoms with van der Waals surface area (Å²) in [6.45, 7) is 0.234. The number of nitrogens with one attached hydrogen (secondary N) is 1. The number of aryl methyl sites for hydroxylation is 1. The van der Waals surface area contributed by atoms with E-state index >= 15 is 0 Å². The summed E-state index contributed by atoms with van der Waals surface area (Å²) in [4.78, 5) is 29.7. The molecule has 7 nitrogen and oxygen atoms in total. The third-order valence-electron chi connectivity index (χ3n) is 5.41. The minimum absolute atomic E-state index is 0.106. The van der Waals surface area contributed by atoms with E-state index in [0.29, 0.717) is 23.0 Å². The van der Waals surface area contributed by atoms with Crippen molar-refractivity contribution < 1.29 is 8.78 Å². The molecule has 0 fully saturated rings. The van der Waals surface area contributed by atoms with Crippen molar-refractivity contribution in [3.63, 3.8) is 0 Å². The average Bonchev–Trinajstić information content (AvgIpc) is 3.13. The minimum atomic E-state index is -0.757. The summed E-state index contributed by atoms with van der Waals surface area (Å²) in [5.74, 6) is -1.22. The quantitative estimate of drug-likeness (QED) is 0.444. The van der Waals surface area contributed by atoms with Gasteiger partial charge in [0, 0.05) is 42.3 Å². The Balaban J connectivity index is 1.78. The van der Waals surface area contributed by atoms with Crippen LogP contribution in [0, 0.1) is 11.6 Å². The van der Waals surface area contributed by atoms with Gasteiger partial charge in [-0.05, 0) is 30.2 Å². The summed E-state index contributed by atoms with van der Waals surface area (Å²) in [7, 11) is 2.85. The minimum Gasteiger partial charge on any atom is -0.355 e. The monoisotopic (exact) mass is 493 g/mol. The molecule has 11 heteroatoms.